The number of rotatable bonds is 6. The van der Waals surface area contributed by atoms with Gasteiger partial charge < -0.3 is 10.4 Å². The fourth-order valence-corrected chi connectivity index (χ4v) is 2.97. The Labute approximate surface area is 112 Å². The zero-order chi connectivity index (χ0) is 13.1. The van der Waals surface area contributed by atoms with E-state index in [1.165, 1.54) is 10.6 Å². The lowest BCUT2D eigenvalue weighted by Crippen LogP contribution is -2.22. The van der Waals surface area contributed by atoms with Crippen molar-refractivity contribution in [3.8, 4) is 0 Å². The highest BCUT2D eigenvalue weighted by atomic mass is 32.1. The number of nitrogens with one attached hydrogen (secondary N) is 1. The molecule has 1 unspecified atom stereocenters. The molecule has 0 bridgehead atoms. The predicted molar refractivity (Wildman–Crippen MR) is 75.1 cm³/mol. The van der Waals surface area contributed by atoms with Gasteiger partial charge in [0, 0.05) is 24.2 Å². The van der Waals surface area contributed by atoms with E-state index in [1.807, 2.05) is 0 Å². The van der Waals surface area contributed by atoms with Crippen molar-refractivity contribution in [3.63, 3.8) is 0 Å². The van der Waals surface area contributed by atoms with Crippen molar-refractivity contribution in [2.24, 2.45) is 5.92 Å². The molecule has 2 aromatic rings. The van der Waals surface area contributed by atoms with Gasteiger partial charge in [-0.25, -0.2) is 4.98 Å². The first kappa shape index (κ1) is 13.5. The molecular weight excluding hydrogens is 246 g/mol. The molecule has 0 saturated heterocycles. The van der Waals surface area contributed by atoms with Gasteiger partial charge in [-0.1, -0.05) is 6.92 Å². The van der Waals surface area contributed by atoms with Crippen LogP contribution in [0, 0.1) is 19.8 Å². The molecule has 0 aliphatic rings. The van der Waals surface area contributed by atoms with Crippen molar-refractivity contribution in [1.29, 1.82) is 0 Å². The third-order valence-electron chi connectivity index (χ3n) is 3.15. The second-order valence-electron chi connectivity index (χ2n) is 4.89. The minimum atomic E-state index is 0.266. The Morgan fingerprint density at radius 3 is 3.00 bits per heavy atom. The molecule has 2 aromatic heterocycles. The van der Waals surface area contributed by atoms with Crippen LogP contribution in [0.1, 0.15) is 29.6 Å². The summed E-state index contributed by atoms with van der Waals surface area (Å²) in [6, 6.07) is 0. The van der Waals surface area contributed by atoms with Gasteiger partial charge in [-0.15, -0.1) is 11.3 Å². The van der Waals surface area contributed by atoms with E-state index in [-0.39, 0.29) is 6.61 Å². The summed E-state index contributed by atoms with van der Waals surface area (Å²) in [4.78, 5) is 6.93. The fourth-order valence-electron chi connectivity index (χ4n) is 2.08. The van der Waals surface area contributed by atoms with Crippen molar-refractivity contribution in [2.75, 3.05) is 13.2 Å². The quantitative estimate of drug-likeness (QED) is 0.843. The molecule has 5 heteroatoms. The van der Waals surface area contributed by atoms with E-state index in [2.05, 4.69) is 41.7 Å². The summed E-state index contributed by atoms with van der Waals surface area (Å²) < 4.78 is 2.18. The molecule has 18 heavy (non-hydrogen) atoms. The molecule has 0 amide bonds. The van der Waals surface area contributed by atoms with Crippen LogP contribution < -0.4 is 5.32 Å². The number of aromatic nitrogens is 2. The minimum absolute atomic E-state index is 0.266. The van der Waals surface area contributed by atoms with Crippen LogP contribution in [0.25, 0.3) is 4.96 Å². The molecule has 0 aromatic carbocycles. The Morgan fingerprint density at radius 2 is 2.28 bits per heavy atom. The second-order valence-corrected chi connectivity index (χ2v) is 6.10. The van der Waals surface area contributed by atoms with Crippen molar-refractivity contribution in [1.82, 2.24) is 14.7 Å². The SMILES string of the molecule is Cc1cn2c(CNCC(C)CCO)c(C)nc2s1. The molecule has 0 radical (unpaired) electrons. The van der Waals surface area contributed by atoms with Gasteiger partial charge in [0.05, 0.1) is 11.4 Å². The standard InChI is InChI=1S/C13H21N3OS/c1-9(4-5-17)6-14-7-12-11(3)15-13-16(12)8-10(2)18-13/h8-9,14,17H,4-7H2,1-3H3. The highest BCUT2D eigenvalue weighted by molar-refractivity contribution is 7.17. The Balaban J connectivity index is 2.00. The lowest BCUT2D eigenvalue weighted by molar-refractivity contribution is 0.260. The molecule has 100 valence electrons. The number of fused-ring (bicyclic) bond motifs is 1. The van der Waals surface area contributed by atoms with Crippen LogP contribution >= 0.6 is 11.3 Å². The van der Waals surface area contributed by atoms with E-state index in [0.717, 1.165) is 30.2 Å². The lowest BCUT2D eigenvalue weighted by Gasteiger charge is -2.11. The fraction of sp³-hybridized carbons (Fsp3) is 0.615. The monoisotopic (exact) mass is 267 g/mol. The summed E-state index contributed by atoms with van der Waals surface area (Å²) in [6.45, 7) is 8.34. The Kier molecular flexibility index (Phi) is 4.37. The van der Waals surface area contributed by atoms with Crippen LogP contribution in [-0.2, 0) is 6.54 Å². The third kappa shape index (κ3) is 2.91. The maximum Gasteiger partial charge on any atom is 0.194 e. The summed E-state index contributed by atoms with van der Waals surface area (Å²) in [6.07, 6.45) is 3.00. The highest BCUT2D eigenvalue weighted by Crippen LogP contribution is 2.20. The first-order valence-corrected chi connectivity index (χ1v) is 7.19. The molecule has 0 saturated carbocycles. The normalized spacial score (nSPS) is 13.3. The first-order valence-electron chi connectivity index (χ1n) is 6.37. The molecule has 1 atom stereocenters. The predicted octanol–water partition coefficient (Wildman–Crippen LogP) is 2.12. The minimum Gasteiger partial charge on any atom is -0.396 e. The molecule has 0 aliphatic heterocycles. The Morgan fingerprint density at radius 1 is 1.50 bits per heavy atom. The molecule has 2 N–H and O–H groups in total. The summed E-state index contributed by atoms with van der Waals surface area (Å²) in [5, 5.41) is 12.3. The van der Waals surface area contributed by atoms with Crippen molar-refractivity contribution < 1.29 is 5.11 Å². The van der Waals surface area contributed by atoms with Crippen molar-refractivity contribution in [3.05, 3.63) is 22.5 Å². The summed E-state index contributed by atoms with van der Waals surface area (Å²) in [5.74, 6) is 0.503. The van der Waals surface area contributed by atoms with Crippen LogP contribution in [0.4, 0.5) is 0 Å². The number of aliphatic hydroxyl groups is 1. The summed E-state index contributed by atoms with van der Waals surface area (Å²) in [5.41, 5.74) is 2.34. The largest absolute Gasteiger partial charge is 0.396 e. The van der Waals surface area contributed by atoms with Crippen LogP contribution in [-0.4, -0.2) is 27.6 Å². The van der Waals surface area contributed by atoms with Gasteiger partial charge in [0.1, 0.15) is 0 Å². The molecule has 2 heterocycles. The van der Waals surface area contributed by atoms with E-state index in [9.17, 15) is 0 Å². The smallest absolute Gasteiger partial charge is 0.194 e. The topological polar surface area (TPSA) is 49.6 Å². The van der Waals surface area contributed by atoms with Gasteiger partial charge in [-0.05, 0) is 32.7 Å². The van der Waals surface area contributed by atoms with Gasteiger partial charge in [-0.3, -0.25) is 4.40 Å². The zero-order valence-corrected chi connectivity index (χ0v) is 12.0. The first-order chi connectivity index (χ1) is 8.61. The van der Waals surface area contributed by atoms with Gasteiger partial charge in [0.15, 0.2) is 4.96 Å². The molecular formula is C13H21N3OS. The van der Waals surface area contributed by atoms with Crippen LogP contribution in [0.5, 0.6) is 0 Å². The summed E-state index contributed by atoms with van der Waals surface area (Å²) in [7, 11) is 0. The number of nitrogens with zero attached hydrogens (tertiary/aromatic N) is 2. The average molecular weight is 267 g/mol. The van der Waals surface area contributed by atoms with E-state index < -0.39 is 0 Å². The average Bonchev–Trinajstić information content (AvgIpc) is 2.77. The lowest BCUT2D eigenvalue weighted by atomic mass is 10.1. The van der Waals surface area contributed by atoms with E-state index >= 15 is 0 Å². The Hall–Kier alpha value is -0.910. The molecule has 0 fully saturated rings. The number of hydrogen-bond acceptors (Lipinski definition) is 4. The van der Waals surface area contributed by atoms with Gasteiger partial charge in [0.25, 0.3) is 0 Å². The van der Waals surface area contributed by atoms with E-state index in [1.54, 1.807) is 11.3 Å². The van der Waals surface area contributed by atoms with E-state index in [4.69, 9.17) is 5.11 Å². The van der Waals surface area contributed by atoms with Crippen LogP contribution in [0.2, 0.25) is 0 Å². The van der Waals surface area contributed by atoms with Crippen LogP contribution in [0.3, 0.4) is 0 Å². The van der Waals surface area contributed by atoms with Crippen molar-refractivity contribution in [2.45, 2.75) is 33.7 Å². The number of hydrogen-bond donors (Lipinski definition) is 2. The van der Waals surface area contributed by atoms with Crippen LogP contribution in [0.15, 0.2) is 6.20 Å². The van der Waals surface area contributed by atoms with Gasteiger partial charge in [-0.2, -0.15) is 0 Å². The number of thiazole rings is 1. The summed E-state index contributed by atoms with van der Waals surface area (Å²) >= 11 is 1.73. The highest BCUT2D eigenvalue weighted by Gasteiger charge is 2.11. The second kappa shape index (κ2) is 5.82. The number of imidazole rings is 1. The number of aliphatic hydroxyl groups excluding tert-OH is 1. The van der Waals surface area contributed by atoms with E-state index in [0.29, 0.717) is 5.92 Å². The van der Waals surface area contributed by atoms with Gasteiger partial charge in [0.2, 0.25) is 0 Å². The van der Waals surface area contributed by atoms with Gasteiger partial charge >= 0.3 is 0 Å². The maximum absolute atomic E-state index is 8.87. The molecule has 2 rings (SSSR count). The maximum atomic E-state index is 8.87. The molecule has 0 aliphatic carbocycles. The zero-order valence-electron chi connectivity index (χ0n) is 11.2. The molecule has 4 nitrogen and oxygen atoms in total. The molecule has 0 spiro atoms. The van der Waals surface area contributed by atoms with Crippen molar-refractivity contribution >= 4 is 16.3 Å². The third-order valence-corrected chi connectivity index (χ3v) is 4.05. The number of aryl methyl sites for hydroxylation is 2. The Bertz CT molecular complexity index is 518.